The second-order valence-electron chi connectivity index (χ2n) is 5.87. The van der Waals surface area contributed by atoms with Gasteiger partial charge in [-0.15, -0.1) is 0 Å². The highest BCUT2D eigenvalue weighted by Gasteiger charge is 2.24. The second kappa shape index (κ2) is 7.96. The Balaban J connectivity index is 2.35. The number of aryl methyl sites for hydroxylation is 1. The molecule has 0 spiro atoms. The van der Waals surface area contributed by atoms with Crippen molar-refractivity contribution >= 4 is 23.0 Å². The zero-order valence-electron chi connectivity index (χ0n) is 14.9. The summed E-state index contributed by atoms with van der Waals surface area (Å²) >= 11 is 0. The van der Waals surface area contributed by atoms with E-state index in [2.05, 4.69) is 10.3 Å². The molecular weight excluding hydrogens is 326 g/mol. The summed E-state index contributed by atoms with van der Waals surface area (Å²) in [5.41, 5.74) is -0.395. The van der Waals surface area contributed by atoms with Crippen LogP contribution in [0.1, 0.15) is 49.7 Å². The molecule has 0 radical (unpaired) electrons. The Morgan fingerprint density at radius 2 is 2.12 bits per heavy atom. The van der Waals surface area contributed by atoms with E-state index in [0.29, 0.717) is 0 Å². The molecule has 2 aromatic heterocycles. The smallest absolute Gasteiger partial charge is 0.342 e. The lowest BCUT2D eigenvalue weighted by Gasteiger charge is -2.13. The predicted octanol–water partition coefficient (Wildman–Crippen LogP) is 1.78. The summed E-state index contributed by atoms with van der Waals surface area (Å²) in [7, 11) is 0. The van der Waals surface area contributed by atoms with Crippen LogP contribution in [-0.2, 0) is 16.1 Å². The number of amides is 1. The zero-order chi connectivity index (χ0) is 18.6. The Kier molecular flexibility index (Phi) is 5.95. The minimum atomic E-state index is -0.642. The summed E-state index contributed by atoms with van der Waals surface area (Å²) in [4.78, 5) is 40.9. The Morgan fingerprint density at radius 1 is 1.40 bits per heavy atom. The SMILES string of the molecule is CCCC(C)NC(=O)Cn1cnc2oc(C)c(C(=O)OCC)c2c1=O. The maximum Gasteiger partial charge on any atom is 0.342 e. The molecule has 0 saturated heterocycles. The van der Waals surface area contributed by atoms with E-state index in [-0.39, 0.29) is 47.5 Å². The number of carbonyl (C=O) groups excluding carboxylic acids is 2. The molecule has 1 N–H and O–H groups in total. The van der Waals surface area contributed by atoms with Crippen molar-refractivity contribution in [3.8, 4) is 0 Å². The van der Waals surface area contributed by atoms with E-state index in [0.717, 1.165) is 17.4 Å². The first-order valence-corrected chi connectivity index (χ1v) is 8.34. The van der Waals surface area contributed by atoms with E-state index in [1.54, 1.807) is 13.8 Å². The number of esters is 1. The number of nitrogens with zero attached hydrogens (tertiary/aromatic N) is 2. The van der Waals surface area contributed by atoms with Crippen molar-refractivity contribution in [1.82, 2.24) is 14.9 Å². The Labute approximate surface area is 145 Å². The van der Waals surface area contributed by atoms with Gasteiger partial charge in [0, 0.05) is 6.04 Å². The highest BCUT2D eigenvalue weighted by atomic mass is 16.5. The second-order valence-corrected chi connectivity index (χ2v) is 5.87. The topological polar surface area (TPSA) is 103 Å². The average molecular weight is 349 g/mol. The van der Waals surface area contributed by atoms with Crippen LogP contribution in [0.5, 0.6) is 0 Å². The highest BCUT2D eigenvalue weighted by Crippen LogP contribution is 2.21. The summed E-state index contributed by atoms with van der Waals surface area (Å²) in [5.74, 6) is -0.671. The molecule has 2 aromatic rings. The number of hydrogen-bond acceptors (Lipinski definition) is 6. The maximum absolute atomic E-state index is 12.7. The fraction of sp³-hybridized carbons (Fsp3) is 0.529. The number of fused-ring (bicyclic) bond motifs is 1. The Morgan fingerprint density at radius 3 is 2.76 bits per heavy atom. The zero-order valence-corrected chi connectivity index (χ0v) is 14.9. The largest absolute Gasteiger partial charge is 0.462 e. The lowest BCUT2D eigenvalue weighted by Crippen LogP contribution is -2.37. The van der Waals surface area contributed by atoms with Crippen LogP contribution in [0.2, 0.25) is 0 Å². The summed E-state index contributed by atoms with van der Waals surface area (Å²) in [6.07, 6.45) is 3.05. The molecule has 0 saturated carbocycles. The third kappa shape index (κ3) is 4.07. The minimum Gasteiger partial charge on any atom is -0.462 e. The van der Waals surface area contributed by atoms with Crippen LogP contribution in [0.3, 0.4) is 0 Å². The number of furan rings is 1. The quantitative estimate of drug-likeness (QED) is 0.764. The van der Waals surface area contributed by atoms with E-state index in [1.165, 1.54) is 6.33 Å². The number of aromatic nitrogens is 2. The van der Waals surface area contributed by atoms with Gasteiger partial charge in [-0.2, -0.15) is 0 Å². The molecule has 0 bridgehead atoms. The molecule has 8 nitrogen and oxygen atoms in total. The van der Waals surface area contributed by atoms with Gasteiger partial charge in [-0.1, -0.05) is 13.3 Å². The molecule has 25 heavy (non-hydrogen) atoms. The van der Waals surface area contributed by atoms with E-state index < -0.39 is 11.5 Å². The van der Waals surface area contributed by atoms with Crippen molar-refractivity contribution in [1.29, 1.82) is 0 Å². The molecule has 1 atom stereocenters. The van der Waals surface area contributed by atoms with Crippen LogP contribution >= 0.6 is 0 Å². The van der Waals surface area contributed by atoms with Crippen LogP contribution < -0.4 is 10.9 Å². The molecule has 0 fully saturated rings. The lowest BCUT2D eigenvalue weighted by molar-refractivity contribution is -0.122. The van der Waals surface area contributed by atoms with Crippen molar-refractivity contribution in [3.05, 3.63) is 28.0 Å². The molecular formula is C17H23N3O5. The van der Waals surface area contributed by atoms with Gasteiger partial charge >= 0.3 is 5.97 Å². The van der Waals surface area contributed by atoms with Gasteiger partial charge in [0.2, 0.25) is 11.6 Å². The molecule has 2 rings (SSSR count). The highest BCUT2D eigenvalue weighted by molar-refractivity contribution is 6.03. The molecule has 0 aromatic carbocycles. The molecule has 0 aliphatic rings. The molecule has 1 amide bonds. The van der Waals surface area contributed by atoms with Crippen LogP contribution in [0.15, 0.2) is 15.5 Å². The van der Waals surface area contributed by atoms with Gasteiger partial charge in [0.15, 0.2) is 0 Å². The number of hydrogen-bond donors (Lipinski definition) is 1. The van der Waals surface area contributed by atoms with Crippen molar-refractivity contribution in [2.45, 2.75) is 53.1 Å². The fourth-order valence-electron chi connectivity index (χ4n) is 2.68. The number of carbonyl (C=O) groups is 2. The minimum absolute atomic E-state index is 0.0242. The first-order chi connectivity index (χ1) is 11.9. The number of nitrogens with one attached hydrogen (secondary N) is 1. The van der Waals surface area contributed by atoms with Gasteiger partial charge in [0.1, 0.15) is 29.6 Å². The average Bonchev–Trinajstić information content (AvgIpc) is 2.87. The summed E-state index contributed by atoms with van der Waals surface area (Å²) in [5, 5.41) is 2.86. The molecule has 0 aliphatic heterocycles. The lowest BCUT2D eigenvalue weighted by atomic mass is 10.2. The summed E-state index contributed by atoms with van der Waals surface area (Å²) < 4.78 is 11.5. The van der Waals surface area contributed by atoms with Gasteiger partial charge in [-0.25, -0.2) is 9.78 Å². The summed E-state index contributed by atoms with van der Waals surface area (Å²) in [6.45, 7) is 7.18. The van der Waals surface area contributed by atoms with E-state index >= 15 is 0 Å². The summed E-state index contributed by atoms with van der Waals surface area (Å²) in [6, 6.07) is 0.0242. The van der Waals surface area contributed by atoms with Gasteiger partial charge in [0.25, 0.3) is 5.56 Å². The van der Waals surface area contributed by atoms with E-state index in [9.17, 15) is 14.4 Å². The number of ether oxygens (including phenoxy) is 1. The Hall–Kier alpha value is -2.64. The molecule has 136 valence electrons. The van der Waals surface area contributed by atoms with Crippen LogP contribution in [-0.4, -0.2) is 34.1 Å². The third-order valence-electron chi connectivity index (χ3n) is 3.78. The van der Waals surface area contributed by atoms with Crippen molar-refractivity contribution in [3.63, 3.8) is 0 Å². The van der Waals surface area contributed by atoms with Gasteiger partial charge in [-0.05, 0) is 27.2 Å². The maximum atomic E-state index is 12.7. The molecule has 1 unspecified atom stereocenters. The normalized spacial score (nSPS) is 12.2. The Bertz CT molecular complexity index is 837. The van der Waals surface area contributed by atoms with E-state index in [1.807, 2.05) is 13.8 Å². The van der Waals surface area contributed by atoms with Crippen LogP contribution in [0.4, 0.5) is 0 Å². The third-order valence-corrected chi connectivity index (χ3v) is 3.78. The monoisotopic (exact) mass is 349 g/mol. The molecule has 2 heterocycles. The standard InChI is InChI=1S/C17H23N3O5/c1-5-7-10(3)19-12(21)8-20-9-18-15-14(16(20)22)13(11(4)25-15)17(23)24-6-2/h9-10H,5-8H2,1-4H3,(H,19,21). The van der Waals surface area contributed by atoms with Crippen molar-refractivity contribution in [2.24, 2.45) is 0 Å². The van der Waals surface area contributed by atoms with E-state index in [4.69, 9.17) is 9.15 Å². The fourth-order valence-corrected chi connectivity index (χ4v) is 2.68. The van der Waals surface area contributed by atoms with Crippen LogP contribution in [0, 0.1) is 6.92 Å². The predicted molar refractivity (Wildman–Crippen MR) is 91.5 cm³/mol. The molecule has 0 aliphatic carbocycles. The first-order valence-electron chi connectivity index (χ1n) is 8.34. The van der Waals surface area contributed by atoms with Gasteiger partial charge < -0.3 is 14.5 Å². The van der Waals surface area contributed by atoms with Crippen molar-refractivity contribution < 1.29 is 18.7 Å². The number of rotatable bonds is 7. The van der Waals surface area contributed by atoms with Crippen LogP contribution in [0.25, 0.3) is 11.1 Å². The van der Waals surface area contributed by atoms with Gasteiger partial charge in [-0.3, -0.25) is 14.2 Å². The van der Waals surface area contributed by atoms with Crippen molar-refractivity contribution in [2.75, 3.05) is 6.61 Å². The first kappa shape index (κ1) is 18.7. The molecule has 8 heteroatoms. The van der Waals surface area contributed by atoms with Gasteiger partial charge in [0.05, 0.1) is 6.61 Å².